The van der Waals surface area contributed by atoms with Crippen LogP contribution in [0, 0.1) is 0 Å². The van der Waals surface area contributed by atoms with Crippen molar-refractivity contribution in [2.75, 3.05) is 7.11 Å². The standard InChI is InChI=1S/C15H13N3O/c1-19-18-14(11-5-3-2-4-6-11)13-8-7-12-9-10-16-15(12)17-13/h2-10H,1H3,(H,16,17). The van der Waals surface area contributed by atoms with E-state index in [-0.39, 0.29) is 0 Å². The van der Waals surface area contributed by atoms with Gasteiger partial charge in [0.15, 0.2) is 0 Å². The molecule has 0 radical (unpaired) electrons. The number of aromatic nitrogens is 2. The van der Waals surface area contributed by atoms with Crippen molar-refractivity contribution < 1.29 is 4.84 Å². The number of nitrogens with zero attached hydrogens (tertiary/aromatic N) is 2. The van der Waals surface area contributed by atoms with Gasteiger partial charge in [0.05, 0.1) is 5.69 Å². The average Bonchev–Trinajstić information content (AvgIpc) is 2.93. The van der Waals surface area contributed by atoms with Gasteiger partial charge in [-0.1, -0.05) is 35.5 Å². The molecule has 0 spiro atoms. The van der Waals surface area contributed by atoms with Crippen molar-refractivity contribution in [3.05, 3.63) is 66.0 Å². The lowest BCUT2D eigenvalue weighted by atomic mass is 10.1. The minimum atomic E-state index is 0.722. The van der Waals surface area contributed by atoms with Gasteiger partial charge in [-0.15, -0.1) is 0 Å². The third-order valence-corrected chi connectivity index (χ3v) is 2.88. The lowest BCUT2D eigenvalue weighted by Crippen LogP contribution is -2.06. The molecule has 3 rings (SSSR count). The van der Waals surface area contributed by atoms with E-state index in [0.29, 0.717) is 0 Å². The van der Waals surface area contributed by atoms with Crippen molar-refractivity contribution in [1.29, 1.82) is 0 Å². The Morgan fingerprint density at radius 3 is 2.74 bits per heavy atom. The number of aromatic amines is 1. The highest BCUT2D eigenvalue weighted by atomic mass is 16.6. The fraction of sp³-hybridized carbons (Fsp3) is 0.0667. The maximum absolute atomic E-state index is 4.94. The summed E-state index contributed by atoms with van der Waals surface area (Å²) in [7, 11) is 1.54. The van der Waals surface area contributed by atoms with Gasteiger partial charge in [0.1, 0.15) is 18.5 Å². The molecule has 2 aromatic heterocycles. The number of H-pyrrole nitrogens is 1. The Balaban J connectivity index is 2.12. The number of rotatable bonds is 3. The lowest BCUT2D eigenvalue weighted by Gasteiger charge is -2.05. The highest BCUT2D eigenvalue weighted by Gasteiger charge is 2.10. The minimum absolute atomic E-state index is 0.722. The van der Waals surface area contributed by atoms with E-state index < -0.39 is 0 Å². The zero-order valence-corrected chi connectivity index (χ0v) is 10.5. The molecule has 0 aliphatic heterocycles. The number of fused-ring (bicyclic) bond motifs is 1. The number of hydrogen-bond acceptors (Lipinski definition) is 3. The second-order valence-electron chi connectivity index (χ2n) is 4.10. The van der Waals surface area contributed by atoms with Crippen LogP contribution in [0.4, 0.5) is 0 Å². The number of nitrogens with one attached hydrogen (secondary N) is 1. The molecule has 0 aliphatic carbocycles. The number of oxime groups is 1. The molecule has 0 bridgehead atoms. The fourth-order valence-electron chi connectivity index (χ4n) is 2.00. The van der Waals surface area contributed by atoms with Crippen LogP contribution < -0.4 is 0 Å². The molecule has 0 unspecified atom stereocenters. The fourth-order valence-corrected chi connectivity index (χ4v) is 2.00. The Bertz CT molecular complexity index is 716. The zero-order valence-electron chi connectivity index (χ0n) is 10.5. The molecule has 0 aliphatic rings. The smallest absolute Gasteiger partial charge is 0.138 e. The average molecular weight is 251 g/mol. The van der Waals surface area contributed by atoms with Crippen LogP contribution >= 0.6 is 0 Å². The van der Waals surface area contributed by atoms with Crippen LogP contribution in [0.5, 0.6) is 0 Å². The predicted molar refractivity (Wildman–Crippen MR) is 75.2 cm³/mol. The maximum atomic E-state index is 4.94. The van der Waals surface area contributed by atoms with Crippen molar-refractivity contribution in [3.8, 4) is 0 Å². The molecule has 94 valence electrons. The van der Waals surface area contributed by atoms with Crippen LogP contribution in [0.3, 0.4) is 0 Å². The monoisotopic (exact) mass is 251 g/mol. The summed E-state index contributed by atoms with van der Waals surface area (Å²) in [4.78, 5) is 12.6. The molecule has 4 nitrogen and oxygen atoms in total. The minimum Gasteiger partial charge on any atom is -0.399 e. The van der Waals surface area contributed by atoms with E-state index in [4.69, 9.17) is 4.84 Å². The third-order valence-electron chi connectivity index (χ3n) is 2.88. The van der Waals surface area contributed by atoms with Crippen LogP contribution in [-0.4, -0.2) is 22.8 Å². The molecular formula is C15H13N3O. The van der Waals surface area contributed by atoms with E-state index in [9.17, 15) is 0 Å². The Hall–Kier alpha value is -2.62. The lowest BCUT2D eigenvalue weighted by molar-refractivity contribution is 0.214. The molecular weight excluding hydrogens is 238 g/mol. The first-order valence-electron chi connectivity index (χ1n) is 5.99. The summed E-state index contributed by atoms with van der Waals surface area (Å²) in [5.41, 5.74) is 3.32. The van der Waals surface area contributed by atoms with Crippen LogP contribution in [-0.2, 0) is 4.84 Å². The third kappa shape index (κ3) is 2.20. The van der Waals surface area contributed by atoms with Gasteiger partial charge in [-0.25, -0.2) is 4.98 Å². The summed E-state index contributed by atoms with van der Waals surface area (Å²) < 4.78 is 0. The summed E-state index contributed by atoms with van der Waals surface area (Å²) in [6.07, 6.45) is 1.87. The first kappa shape index (κ1) is 11.5. The van der Waals surface area contributed by atoms with Crippen molar-refractivity contribution in [2.24, 2.45) is 5.16 Å². The van der Waals surface area contributed by atoms with Crippen molar-refractivity contribution in [2.45, 2.75) is 0 Å². The topological polar surface area (TPSA) is 50.3 Å². The Labute approximate surface area is 110 Å². The molecule has 2 heterocycles. The van der Waals surface area contributed by atoms with Gasteiger partial charge in [0, 0.05) is 17.1 Å². The molecule has 0 saturated heterocycles. The molecule has 3 aromatic rings. The van der Waals surface area contributed by atoms with E-state index in [0.717, 1.165) is 28.0 Å². The second-order valence-corrected chi connectivity index (χ2v) is 4.10. The summed E-state index contributed by atoms with van der Waals surface area (Å²) >= 11 is 0. The van der Waals surface area contributed by atoms with Gasteiger partial charge in [0.25, 0.3) is 0 Å². The van der Waals surface area contributed by atoms with Crippen molar-refractivity contribution in [3.63, 3.8) is 0 Å². The van der Waals surface area contributed by atoms with Gasteiger partial charge >= 0.3 is 0 Å². The quantitative estimate of drug-likeness (QED) is 0.574. The predicted octanol–water partition coefficient (Wildman–Crippen LogP) is 2.96. The molecule has 0 fully saturated rings. The summed E-state index contributed by atoms with van der Waals surface area (Å²) in [6, 6.07) is 15.8. The highest BCUT2D eigenvalue weighted by Crippen LogP contribution is 2.14. The maximum Gasteiger partial charge on any atom is 0.138 e. The van der Waals surface area contributed by atoms with Gasteiger partial charge in [-0.3, -0.25) is 0 Å². The van der Waals surface area contributed by atoms with E-state index in [2.05, 4.69) is 15.1 Å². The molecule has 4 heteroatoms. The van der Waals surface area contributed by atoms with Gasteiger partial charge in [0.2, 0.25) is 0 Å². The Kier molecular flexibility index (Phi) is 2.98. The van der Waals surface area contributed by atoms with Gasteiger partial charge in [-0.2, -0.15) is 0 Å². The largest absolute Gasteiger partial charge is 0.399 e. The van der Waals surface area contributed by atoms with Crippen LogP contribution in [0.25, 0.3) is 11.0 Å². The molecule has 19 heavy (non-hydrogen) atoms. The van der Waals surface area contributed by atoms with Crippen molar-refractivity contribution >= 4 is 16.7 Å². The Morgan fingerprint density at radius 1 is 1.11 bits per heavy atom. The molecule has 0 amide bonds. The molecule has 1 aromatic carbocycles. The number of hydrogen-bond donors (Lipinski definition) is 1. The summed E-state index contributed by atoms with van der Waals surface area (Å²) in [5.74, 6) is 0. The van der Waals surface area contributed by atoms with E-state index >= 15 is 0 Å². The number of benzene rings is 1. The summed E-state index contributed by atoms with van der Waals surface area (Å²) in [6.45, 7) is 0. The molecule has 0 saturated carbocycles. The van der Waals surface area contributed by atoms with E-state index in [1.54, 1.807) is 0 Å². The van der Waals surface area contributed by atoms with E-state index in [1.807, 2.05) is 54.7 Å². The SMILES string of the molecule is CON=C(c1ccccc1)c1ccc2cc[nH]c2n1. The van der Waals surface area contributed by atoms with Crippen LogP contribution in [0.15, 0.2) is 59.9 Å². The first-order valence-corrected chi connectivity index (χ1v) is 5.99. The zero-order chi connectivity index (χ0) is 13.1. The molecule has 0 atom stereocenters. The number of pyridine rings is 1. The van der Waals surface area contributed by atoms with Gasteiger partial charge < -0.3 is 9.82 Å². The van der Waals surface area contributed by atoms with Gasteiger partial charge in [-0.05, 0) is 18.2 Å². The second kappa shape index (κ2) is 4.94. The summed E-state index contributed by atoms with van der Waals surface area (Å²) in [5, 5.41) is 5.17. The Morgan fingerprint density at radius 2 is 1.95 bits per heavy atom. The van der Waals surface area contributed by atoms with Crippen LogP contribution in [0.2, 0.25) is 0 Å². The first-order chi connectivity index (χ1) is 9.38. The normalized spacial score (nSPS) is 11.7. The van der Waals surface area contributed by atoms with Crippen molar-refractivity contribution in [1.82, 2.24) is 9.97 Å². The highest BCUT2D eigenvalue weighted by molar-refractivity contribution is 6.12. The molecule has 1 N–H and O–H groups in total. The van der Waals surface area contributed by atoms with Crippen LogP contribution in [0.1, 0.15) is 11.3 Å². The van der Waals surface area contributed by atoms with E-state index in [1.165, 1.54) is 7.11 Å².